The monoisotopic (exact) mass is 270 g/mol. The molecule has 0 fully saturated rings. The van der Waals surface area contributed by atoms with E-state index in [1.807, 2.05) is 0 Å². The molecule has 0 spiro atoms. The summed E-state index contributed by atoms with van der Waals surface area (Å²) in [5, 5.41) is 2.97. The van der Waals surface area contributed by atoms with Crippen LogP contribution in [0.2, 0.25) is 5.02 Å². The number of primary amides is 1. The summed E-state index contributed by atoms with van der Waals surface area (Å²) in [6.07, 6.45) is 0. The Balaban J connectivity index is 2.65. The van der Waals surface area contributed by atoms with E-state index in [0.29, 0.717) is 10.8 Å². The van der Waals surface area contributed by atoms with Crippen LogP contribution in [0, 0.1) is 0 Å². The minimum atomic E-state index is -1.11. The molecular formula is C12H15ClN2O3. The van der Waals surface area contributed by atoms with Crippen molar-refractivity contribution < 1.29 is 14.3 Å². The standard InChI is InChI=1S/C12H15ClN2O3/c1-12(2,11(17)15-7-10(14)16)18-9-5-3-8(13)4-6-9/h3-6H,7H2,1-2H3,(H2,14,16)(H,15,17). The van der Waals surface area contributed by atoms with Crippen molar-refractivity contribution >= 4 is 23.4 Å². The second-order valence-corrected chi connectivity index (χ2v) is 4.65. The Morgan fingerprint density at radius 2 is 1.89 bits per heavy atom. The molecule has 3 N–H and O–H groups in total. The topological polar surface area (TPSA) is 81.4 Å². The number of halogens is 1. The van der Waals surface area contributed by atoms with E-state index in [1.54, 1.807) is 38.1 Å². The molecule has 0 atom stereocenters. The summed E-state index contributed by atoms with van der Waals surface area (Å²) in [5.41, 5.74) is 3.84. The lowest BCUT2D eigenvalue weighted by Crippen LogP contribution is -2.48. The number of hydrogen-bond donors (Lipinski definition) is 2. The summed E-state index contributed by atoms with van der Waals surface area (Å²) < 4.78 is 5.53. The zero-order valence-electron chi connectivity index (χ0n) is 10.2. The lowest BCUT2D eigenvalue weighted by molar-refractivity contribution is -0.135. The van der Waals surface area contributed by atoms with Crippen LogP contribution in [0.3, 0.4) is 0 Å². The minimum absolute atomic E-state index is 0.216. The Bertz CT molecular complexity index is 443. The first-order valence-electron chi connectivity index (χ1n) is 5.32. The molecule has 0 radical (unpaired) electrons. The van der Waals surface area contributed by atoms with Gasteiger partial charge >= 0.3 is 0 Å². The minimum Gasteiger partial charge on any atom is -0.478 e. The molecule has 0 saturated carbocycles. The Kier molecular flexibility index (Phi) is 4.55. The molecule has 18 heavy (non-hydrogen) atoms. The van der Waals surface area contributed by atoms with Crippen LogP contribution in [-0.2, 0) is 9.59 Å². The third kappa shape index (κ3) is 4.25. The first kappa shape index (κ1) is 14.3. The SMILES string of the molecule is CC(C)(Oc1ccc(Cl)cc1)C(=O)NCC(N)=O. The number of carbonyl (C=O) groups excluding carboxylic acids is 2. The van der Waals surface area contributed by atoms with Crippen LogP contribution in [0.5, 0.6) is 5.75 Å². The van der Waals surface area contributed by atoms with E-state index in [4.69, 9.17) is 22.1 Å². The van der Waals surface area contributed by atoms with Gasteiger partial charge in [-0.2, -0.15) is 0 Å². The van der Waals surface area contributed by atoms with Gasteiger partial charge in [0.15, 0.2) is 5.60 Å². The van der Waals surface area contributed by atoms with E-state index in [-0.39, 0.29) is 6.54 Å². The number of benzene rings is 1. The van der Waals surface area contributed by atoms with Gasteiger partial charge in [-0.25, -0.2) is 0 Å². The fourth-order valence-corrected chi connectivity index (χ4v) is 1.35. The molecule has 1 aromatic rings. The largest absolute Gasteiger partial charge is 0.478 e. The molecule has 1 aromatic carbocycles. The highest BCUT2D eigenvalue weighted by molar-refractivity contribution is 6.30. The van der Waals surface area contributed by atoms with E-state index in [1.165, 1.54) is 0 Å². The van der Waals surface area contributed by atoms with Crippen molar-refractivity contribution in [1.82, 2.24) is 5.32 Å². The molecule has 1 rings (SSSR count). The van der Waals surface area contributed by atoms with E-state index in [0.717, 1.165) is 0 Å². The van der Waals surface area contributed by atoms with Crippen molar-refractivity contribution in [3.63, 3.8) is 0 Å². The van der Waals surface area contributed by atoms with E-state index in [9.17, 15) is 9.59 Å². The Morgan fingerprint density at radius 3 is 2.39 bits per heavy atom. The maximum Gasteiger partial charge on any atom is 0.264 e. The Labute approximate surface area is 110 Å². The highest BCUT2D eigenvalue weighted by atomic mass is 35.5. The zero-order chi connectivity index (χ0) is 13.8. The lowest BCUT2D eigenvalue weighted by atomic mass is 10.1. The van der Waals surface area contributed by atoms with Gasteiger partial charge < -0.3 is 15.8 Å². The third-order valence-corrected chi connectivity index (χ3v) is 2.41. The highest BCUT2D eigenvalue weighted by Crippen LogP contribution is 2.20. The van der Waals surface area contributed by atoms with Gasteiger partial charge in [-0.1, -0.05) is 11.6 Å². The van der Waals surface area contributed by atoms with E-state index >= 15 is 0 Å². The van der Waals surface area contributed by atoms with Gasteiger partial charge in [0.05, 0.1) is 6.54 Å². The van der Waals surface area contributed by atoms with Gasteiger partial charge in [0.25, 0.3) is 5.91 Å². The van der Waals surface area contributed by atoms with Crippen molar-refractivity contribution in [3.8, 4) is 5.75 Å². The quantitative estimate of drug-likeness (QED) is 0.841. The zero-order valence-corrected chi connectivity index (χ0v) is 11.0. The predicted molar refractivity (Wildman–Crippen MR) is 68.4 cm³/mol. The normalized spacial score (nSPS) is 10.8. The van der Waals surface area contributed by atoms with Crippen LogP contribution in [0.1, 0.15) is 13.8 Å². The molecule has 0 unspecified atom stereocenters. The summed E-state index contributed by atoms with van der Waals surface area (Å²) in [4.78, 5) is 22.3. The fourth-order valence-electron chi connectivity index (χ4n) is 1.22. The smallest absolute Gasteiger partial charge is 0.264 e. The van der Waals surface area contributed by atoms with Crippen LogP contribution < -0.4 is 15.8 Å². The average Bonchev–Trinajstić information content (AvgIpc) is 2.28. The van der Waals surface area contributed by atoms with Gasteiger partial charge in [-0.15, -0.1) is 0 Å². The number of ether oxygens (including phenoxy) is 1. The van der Waals surface area contributed by atoms with Crippen molar-refractivity contribution in [1.29, 1.82) is 0 Å². The second kappa shape index (κ2) is 5.73. The predicted octanol–water partition coefficient (Wildman–Crippen LogP) is 1.10. The number of rotatable bonds is 5. The summed E-state index contributed by atoms with van der Waals surface area (Å²) in [7, 11) is 0. The second-order valence-electron chi connectivity index (χ2n) is 4.22. The van der Waals surface area contributed by atoms with Gasteiger partial charge in [-0.05, 0) is 38.1 Å². The summed E-state index contributed by atoms with van der Waals surface area (Å²) >= 11 is 5.74. The molecule has 0 aliphatic heterocycles. The summed E-state index contributed by atoms with van der Waals surface area (Å²) in [5.74, 6) is -0.513. The summed E-state index contributed by atoms with van der Waals surface area (Å²) in [6.45, 7) is 2.97. The number of nitrogens with two attached hydrogens (primary N) is 1. The molecule has 0 aromatic heterocycles. The molecule has 0 saturated heterocycles. The van der Waals surface area contributed by atoms with Gasteiger partial charge in [-0.3, -0.25) is 9.59 Å². The average molecular weight is 271 g/mol. The van der Waals surface area contributed by atoms with Gasteiger partial charge in [0, 0.05) is 5.02 Å². The van der Waals surface area contributed by atoms with Gasteiger partial charge in [0.1, 0.15) is 5.75 Å². The maximum absolute atomic E-state index is 11.8. The van der Waals surface area contributed by atoms with Crippen LogP contribution in [0.4, 0.5) is 0 Å². The van der Waals surface area contributed by atoms with Crippen molar-refractivity contribution in [3.05, 3.63) is 29.3 Å². The van der Waals surface area contributed by atoms with Crippen molar-refractivity contribution in [2.24, 2.45) is 5.73 Å². The van der Waals surface area contributed by atoms with Gasteiger partial charge in [0.2, 0.25) is 5.91 Å². The van der Waals surface area contributed by atoms with Crippen molar-refractivity contribution in [2.75, 3.05) is 6.54 Å². The molecule has 6 heteroatoms. The molecule has 0 aliphatic rings. The Hall–Kier alpha value is -1.75. The first-order valence-corrected chi connectivity index (χ1v) is 5.70. The van der Waals surface area contributed by atoms with Crippen LogP contribution in [0.15, 0.2) is 24.3 Å². The van der Waals surface area contributed by atoms with Crippen LogP contribution in [-0.4, -0.2) is 24.0 Å². The number of hydrogen-bond acceptors (Lipinski definition) is 3. The highest BCUT2D eigenvalue weighted by Gasteiger charge is 2.29. The molecule has 5 nitrogen and oxygen atoms in total. The number of carbonyl (C=O) groups is 2. The van der Waals surface area contributed by atoms with Crippen LogP contribution >= 0.6 is 11.6 Å². The van der Waals surface area contributed by atoms with E-state index < -0.39 is 17.4 Å². The first-order chi connectivity index (χ1) is 8.31. The molecule has 98 valence electrons. The molecule has 2 amide bonds. The molecule has 0 bridgehead atoms. The third-order valence-electron chi connectivity index (χ3n) is 2.16. The van der Waals surface area contributed by atoms with Crippen LogP contribution in [0.25, 0.3) is 0 Å². The lowest BCUT2D eigenvalue weighted by Gasteiger charge is -2.25. The fraction of sp³-hybridized carbons (Fsp3) is 0.333. The number of amides is 2. The maximum atomic E-state index is 11.8. The molecule has 0 heterocycles. The van der Waals surface area contributed by atoms with Crippen molar-refractivity contribution in [2.45, 2.75) is 19.4 Å². The number of nitrogens with one attached hydrogen (secondary N) is 1. The Morgan fingerprint density at radius 1 is 1.33 bits per heavy atom. The van der Waals surface area contributed by atoms with E-state index in [2.05, 4.69) is 5.32 Å². The molecular weight excluding hydrogens is 256 g/mol. The molecule has 0 aliphatic carbocycles. The summed E-state index contributed by atoms with van der Waals surface area (Å²) in [6, 6.07) is 6.64.